The van der Waals surface area contributed by atoms with Crippen LogP contribution < -0.4 is 5.32 Å². The summed E-state index contributed by atoms with van der Waals surface area (Å²) < 4.78 is 0. The molecule has 0 aromatic carbocycles. The quantitative estimate of drug-likeness (QED) is 0.685. The SMILES string of the molecule is CCN(CC)C1CCN(CC(NC(C)C)C(=O)O)C1. The summed E-state index contributed by atoms with van der Waals surface area (Å²) in [5, 5.41) is 12.4. The fourth-order valence-electron chi connectivity index (χ4n) is 2.88. The van der Waals surface area contributed by atoms with Crippen LogP contribution in [0, 0.1) is 0 Å². The highest BCUT2D eigenvalue weighted by Crippen LogP contribution is 2.15. The van der Waals surface area contributed by atoms with Crippen LogP contribution in [0.5, 0.6) is 0 Å². The Hall–Kier alpha value is -0.650. The maximum atomic E-state index is 11.3. The van der Waals surface area contributed by atoms with E-state index in [-0.39, 0.29) is 6.04 Å². The third-order valence-corrected chi connectivity index (χ3v) is 3.85. The summed E-state index contributed by atoms with van der Waals surface area (Å²) in [5.41, 5.74) is 0. The van der Waals surface area contributed by atoms with E-state index in [1.807, 2.05) is 13.8 Å². The molecule has 2 N–H and O–H groups in total. The van der Waals surface area contributed by atoms with E-state index in [1.54, 1.807) is 0 Å². The van der Waals surface area contributed by atoms with Gasteiger partial charge >= 0.3 is 5.97 Å². The molecule has 0 amide bonds. The van der Waals surface area contributed by atoms with Crippen molar-refractivity contribution >= 4 is 5.97 Å². The Labute approximate surface area is 117 Å². The molecule has 1 aliphatic heterocycles. The maximum absolute atomic E-state index is 11.3. The first kappa shape index (κ1) is 16.4. The zero-order valence-corrected chi connectivity index (χ0v) is 12.7. The van der Waals surface area contributed by atoms with E-state index < -0.39 is 12.0 Å². The van der Waals surface area contributed by atoms with Gasteiger partial charge in [0.15, 0.2) is 0 Å². The number of nitrogens with one attached hydrogen (secondary N) is 1. The molecule has 1 fully saturated rings. The van der Waals surface area contributed by atoms with Crippen molar-refractivity contribution in [1.82, 2.24) is 15.1 Å². The van der Waals surface area contributed by atoms with Gasteiger partial charge in [0.05, 0.1) is 0 Å². The lowest BCUT2D eigenvalue weighted by Gasteiger charge is -2.27. The van der Waals surface area contributed by atoms with Gasteiger partial charge in [0.25, 0.3) is 0 Å². The number of carboxylic acid groups (broad SMARTS) is 1. The van der Waals surface area contributed by atoms with Gasteiger partial charge in [0.2, 0.25) is 0 Å². The van der Waals surface area contributed by atoms with Crippen molar-refractivity contribution in [1.29, 1.82) is 0 Å². The van der Waals surface area contributed by atoms with Gasteiger partial charge in [-0.05, 0) is 26.1 Å². The highest BCUT2D eigenvalue weighted by atomic mass is 16.4. The Bertz CT molecular complexity index is 280. The Balaban J connectivity index is 2.47. The van der Waals surface area contributed by atoms with Crippen LogP contribution in [0.2, 0.25) is 0 Å². The molecule has 0 spiro atoms. The number of aliphatic carboxylic acids is 1. The Morgan fingerprint density at radius 1 is 1.42 bits per heavy atom. The van der Waals surface area contributed by atoms with Gasteiger partial charge in [-0.15, -0.1) is 0 Å². The van der Waals surface area contributed by atoms with Crippen LogP contribution in [0.1, 0.15) is 34.1 Å². The van der Waals surface area contributed by atoms with Crippen molar-refractivity contribution in [3.05, 3.63) is 0 Å². The molecule has 112 valence electrons. The lowest BCUT2D eigenvalue weighted by molar-refractivity contribution is -0.140. The molecule has 1 saturated heterocycles. The molecule has 19 heavy (non-hydrogen) atoms. The topological polar surface area (TPSA) is 55.8 Å². The molecular formula is C14H29N3O2. The van der Waals surface area contributed by atoms with Crippen molar-refractivity contribution in [2.45, 2.75) is 52.2 Å². The fourth-order valence-corrected chi connectivity index (χ4v) is 2.88. The number of carboxylic acids is 1. The standard InChI is InChI=1S/C14H29N3O2/c1-5-17(6-2)12-7-8-16(9-12)10-13(14(18)19)15-11(3)4/h11-13,15H,5-10H2,1-4H3,(H,18,19). The third kappa shape index (κ3) is 5.09. The largest absolute Gasteiger partial charge is 0.480 e. The number of carbonyl (C=O) groups is 1. The van der Waals surface area contributed by atoms with Gasteiger partial charge in [-0.25, -0.2) is 0 Å². The second-order valence-electron chi connectivity index (χ2n) is 5.64. The van der Waals surface area contributed by atoms with Crippen LogP contribution in [0.3, 0.4) is 0 Å². The van der Waals surface area contributed by atoms with E-state index in [1.165, 1.54) is 0 Å². The van der Waals surface area contributed by atoms with Crippen LogP contribution >= 0.6 is 0 Å². The van der Waals surface area contributed by atoms with Crippen LogP contribution in [0.4, 0.5) is 0 Å². The second kappa shape index (κ2) is 7.82. The first-order valence-electron chi connectivity index (χ1n) is 7.43. The number of hydrogen-bond donors (Lipinski definition) is 2. The summed E-state index contributed by atoms with van der Waals surface area (Å²) in [7, 11) is 0. The molecule has 2 atom stereocenters. The lowest BCUT2D eigenvalue weighted by Crippen LogP contribution is -2.48. The minimum Gasteiger partial charge on any atom is -0.480 e. The monoisotopic (exact) mass is 271 g/mol. The molecule has 0 aromatic rings. The molecule has 2 unspecified atom stereocenters. The Morgan fingerprint density at radius 3 is 2.53 bits per heavy atom. The zero-order valence-electron chi connectivity index (χ0n) is 12.7. The van der Waals surface area contributed by atoms with E-state index in [2.05, 4.69) is 29.0 Å². The molecule has 5 heteroatoms. The molecule has 0 aromatic heterocycles. The summed E-state index contributed by atoms with van der Waals surface area (Å²) in [4.78, 5) is 16.0. The van der Waals surface area contributed by atoms with Gasteiger partial charge in [0.1, 0.15) is 6.04 Å². The molecule has 5 nitrogen and oxygen atoms in total. The normalized spacial score (nSPS) is 22.3. The maximum Gasteiger partial charge on any atom is 0.322 e. The van der Waals surface area contributed by atoms with Crippen LogP contribution in [-0.2, 0) is 4.79 Å². The molecule has 1 aliphatic rings. The van der Waals surface area contributed by atoms with Gasteiger partial charge < -0.3 is 10.4 Å². The van der Waals surface area contributed by atoms with Crippen molar-refractivity contribution in [3.63, 3.8) is 0 Å². The summed E-state index contributed by atoms with van der Waals surface area (Å²) in [6.45, 7) is 13.1. The summed E-state index contributed by atoms with van der Waals surface area (Å²) >= 11 is 0. The molecular weight excluding hydrogens is 242 g/mol. The molecule has 1 heterocycles. The number of likely N-dealkylation sites (N-methyl/N-ethyl adjacent to an activating group) is 1. The second-order valence-corrected chi connectivity index (χ2v) is 5.64. The Morgan fingerprint density at radius 2 is 2.05 bits per heavy atom. The predicted molar refractivity (Wildman–Crippen MR) is 77.5 cm³/mol. The van der Waals surface area contributed by atoms with E-state index in [0.717, 1.165) is 32.6 Å². The molecule has 0 saturated carbocycles. The molecule has 1 rings (SSSR count). The minimum atomic E-state index is -0.750. The van der Waals surface area contributed by atoms with Gasteiger partial charge in [0, 0.05) is 25.2 Å². The zero-order chi connectivity index (χ0) is 14.4. The molecule has 0 bridgehead atoms. The average Bonchev–Trinajstić information content (AvgIpc) is 2.78. The highest BCUT2D eigenvalue weighted by molar-refractivity contribution is 5.73. The first-order chi connectivity index (χ1) is 8.97. The van der Waals surface area contributed by atoms with Crippen LogP contribution in [0.25, 0.3) is 0 Å². The van der Waals surface area contributed by atoms with E-state index in [0.29, 0.717) is 12.6 Å². The minimum absolute atomic E-state index is 0.197. The van der Waals surface area contributed by atoms with Gasteiger partial charge in [-0.2, -0.15) is 0 Å². The van der Waals surface area contributed by atoms with E-state index in [9.17, 15) is 9.90 Å². The van der Waals surface area contributed by atoms with Crippen molar-refractivity contribution in [2.75, 3.05) is 32.7 Å². The lowest BCUT2D eigenvalue weighted by atomic mass is 10.2. The van der Waals surface area contributed by atoms with Crippen LogP contribution in [0.15, 0.2) is 0 Å². The predicted octanol–water partition coefficient (Wildman–Crippen LogP) is 0.854. The van der Waals surface area contributed by atoms with Gasteiger partial charge in [-0.1, -0.05) is 27.7 Å². The molecule has 0 radical (unpaired) electrons. The average molecular weight is 271 g/mol. The number of rotatable bonds is 8. The fraction of sp³-hybridized carbons (Fsp3) is 0.929. The van der Waals surface area contributed by atoms with Gasteiger partial charge in [-0.3, -0.25) is 14.6 Å². The van der Waals surface area contributed by atoms with E-state index >= 15 is 0 Å². The van der Waals surface area contributed by atoms with E-state index in [4.69, 9.17) is 0 Å². The summed E-state index contributed by atoms with van der Waals surface area (Å²) in [6.07, 6.45) is 1.15. The smallest absolute Gasteiger partial charge is 0.322 e. The van der Waals surface area contributed by atoms with Crippen molar-refractivity contribution in [3.8, 4) is 0 Å². The van der Waals surface area contributed by atoms with Crippen LogP contribution in [-0.4, -0.2) is 71.7 Å². The highest BCUT2D eigenvalue weighted by Gasteiger charge is 2.29. The summed E-state index contributed by atoms with van der Waals surface area (Å²) in [5.74, 6) is -0.750. The Kier molecular flexibility index (Phi) is 6.75. The third-order valence-electron chi connectivity index (χ3n) is 3.85. The number of hydrogen-bond acceptors (Lipinski definition) is 4. The van der Waals surface area contributed by atoms with Crippen molar-refractivity contribution in [2.24, 2.45) is 0 Å². The molecule has 0 aliphatic carbocycles. The van der Waals surface area contributed by atoms with Crippen molar-refractivity contribution < 1.29 is 9.90 Å². The number of likely N-dealkylation sites (tertiary alicyclic amines) is 1. The number of nitrogens with zero attached hydrogens (tertiary/aromatic N) is 2. The first-order valence-corrected chi connectivity index (χ1v) is 7.43. The summed E-state index contributed by atoms with van der Waals surface area (Å²) in [6, 6.07) is 0.321.